The number of methoxy groups -OCH3 is 1. The molecule has 0 aliphatic carbocycles. The Kier molecular flexibility index (Phi) is 8.94. The molecule has 2 amide bonds. The number of hydrogen-bond acceptors (Lipinski definition) is 7. The van der Waals surface area contributed by atoms with Gasteiger partial charge >= 0.3 is 18.0 Å². The molecule has 1 unspecified atom stereocenters. The average Bonchev–Trinajstić information content (AvgIpc) is 2.62. The lowest BCUT2D eigenvalue weighted by Gasteiger charge is -2.22. The zero-order valence-corrected chi connectivity index (χ0v) is 16.4. The Bertz CT molecular complexity index is 683. The second-order valence-corrected chi connectivity index (χ2v) is 6.85. The topological polar surface area (TPSA) is 120 Å². The number of carbonyl (C=O) groups is 4. The van der Waals surface area contributed by atoms with Crippen molar-refractivity contribution in [3.63, 3.8) is 0 Å². The number of carbonyl (C=O) groups excluding carboxylic acids is 4. The van der Waals surface area contributed by atoms with E-state index >= 15 is 0 Å². The van der Waals surface area contributed by atoms with Crippen LogP contribution < -0.4 is 10.6 Å². The van der Waals surface area contributed by atoms with Crippen molar-refractivity contribution < 1.29 is 33.4 Å². The number of hydrogen-bond donors (Lipinski definition) is 2. The van der Waals surface area contributed by atoms with E-state index in [-0.39, 0.29) is 6.61 Å². The molecule has 1 aromatic rings. The molecule has 0 aliphatic rings. The fraction of sp³-hybridized carbons (Fsp3) is 0.474. The van der Waals surface area contributed by atoms with Gasteiger partial charge in [0.1, 0.15) is 24.8 Å². The highest BCUT2D eigenvalue weighted by Crippen LogP contribution is 2.10. The van der Waals surface area contributed by atoms with Crippen LogP contribution in [-0.2, 0) is 35.2 Å². The zero-order valence-electron chi connectivity index (χ0n) is 16.4. The Morgan fingerprint density at radius 1 is 1.07 bits per heavy atom. The molecule has 0 saturated carbocycles. The summed E-state index contributed by atoms with van der Waals surface area (Å²) in [5, 5.41) is 4.59. The lowest BCUT2D eigenvalue weighted by Crippen LogP contribution is -2.47. The van der Waals surface area contributed by atoms with Crippen LogP contribution >= 0.6 is 0 Å². The third-order valence-corrected chi connectivity index (χ3v) is 3.22. The molecule has 0 heterocycles. The first-order valence-corrected chi connectivity index (χ1v) is 8.64. The predicted molar refractivity (Wildman–Crippen MR) is 99.0 cm³/mol. The molecule has 0 radical (unpaired) electrons. The first-order valence-electron chi connectivity index (χ1n) is 8.64. The molecule has 9 heteroatoms. The van der Waals surface area contributed by atoms with Crippen LogP contribution in [-0.4, -0.2) is 49.2 Å². The van der Waals surface area contributed by atoms with Crippen molar-refractivity contribution in [3.05, 3.63) is 35.9 Å². The van der Waals surface area contributed by atoms with Crippen molar-refractivity contribution >= 4 is 23.9 Å². The molecule has 2 N–H and O–H groups in total. The van der Waals surface area contributed by atoms with Crippen LogP contribution in [0.4, 0.5) is 4.79 Å². The van der Waals surface area contributed by atoms with Crippen LogP contribution in [0.15, 0.2) is 30.3 Å². The number of esters is 2. The van der Waals surface area contributed by atoms with Crippen LogP contribution in [0.25, 0.3) is 0 Å². The van der Waals surface area contributed by atoms with E-state index in [0.717, 1.165) is 12.7 Å². The Morgan fingerprint density at radius 3 is 2.29 bits per heavy atom. The number of amides is 2. The molecule has 0 spiro atoms. The first kappa shape index (κ1) is 22.9. The third kappa shape index (κ3) is 9.56. The summed E-state index contributed by atoms with van der Waals surface area (Å²) in [4.78, 5) is 47.3. The predicted octanol–water partition coefficient (Wildman–Crippen LogP) is 1.30. The molecule has 0 saturated heterocycles. The van der Waals surface area contributed by atoms with E-state index in [1.54, 1.807) is 32.9 Å². The summed E-state index contributed by atoms with van der Waals surface area (Å²) < 4.78 is 14.7. The minimum atomic E-state index is -1.23. The normalized spacial score (nSPS) is 11.7. The molecule has 1 aromatic carbocycles. The minimum Gasteiger partial charge on any atom is -0.467 e. The molecular formula is C19H26N2O7. The van der Waals surface area contributed by atoms with E-state index < -0.39 is 48.5 Å². The number of rotatable bonds is 8. The fourth-order valence-electron chi connectivity index (χ4n) is 2.06. The molecule has 0 aromatic heterocycles. The summed E-state index contributed by atoms with van der Waals surface area (Å²) in [5.41, 5.74) is 0.0662. The van der Waals surface area contributed by atoms with Gasteiger partial charge in [-0.25, -0.2) is 9.59 Å². The monoisotopic (exact) mass is 394 g/mol. The Labute approximate surface area is 163 Å². The van der Waals surface area contributed by atoms with Crippen molar-refractivity contribution in [3.8, 4) is 0 Å². The van der Waals surface area contributed by atoms with Gasteiger partial charge in [-0.1, -0.05) is 30.3 Å². The van der Waals surface area contributed by atoms with Crippen molar-refractivity contribution in [2.75, 3.05) is 13.7 Å². The van der Waals surface area contributed by atoms with Gasteiger partial charge in [0.2, 0.25) is 5.91 Å². The fourth-order valence-corrected chi connectivity index (χ4v) is 2.06. The second-order valence-electron chi connectivity index (χ2n) is 6.85. The van der Waals surface area contributed by atoms with Gasteiger partial charge < -0.3 is 24.8 Å². The number of ether oxygens (including phenoxy) is 3. The van der Waals surface area contributed by atoms with E-state index in [4.69, 9.17) is 9.47 Å². The Balaban J connectivity index is 2.46. The molecule has 0 aliphatic heterocycles. The Hall–Kier alpha value is -3.10. The quantitative estimate of drug-likeness (QED) is 0.504. The SMILES string of the molecule is COC(=O)C(CC(=O)OC(C)(C)C)NC(=O)CNC(=O)OCc1ccccc1. The van der Waals surface area contributed by atoms with Crippen LogP contribution in [0.5, 0.6) is 0 Å². The zero-order chi connectivity index (χ0) is 21.2. The molecule has 1 atom stereocenters. The van der Waals surface area contributed by atoms with Gasteiger partial charge in [0.25, 0.3) is 0 Å². The summed E-state index contributed by atoms with van der Waals surface area (Å²) in [6.45, 7) is 4.66. The maximum Gasteiger partial charge on any atom is 0.407 e. The summed E-state index contributed by atoms with van der Waals surface area (Å²) in [6.07, 6.45) is -1.19. The van der Waals surface area contributed by atoms with Gasteiger partial charge in [0.05, 0.1) is 13.5 Å². The van der Waals surface area contributed by atoms with Gasteiger partial charge in [-0.3, -0.25) is 9.59 Å². The summed E-state index contributed by atoms with van der Waals surface area (Å²) in [5.74, 6) is -2.15. The van der Waals surface area contributed by atoms with Crippen molar-refractivity contribution in [2.24, 2.45) is 0 Å². The second kappa shape index (κ2) is 10.9. The molecule has 154 valence electrons. The van der Waals surface area contributed by atoms with E-state index in [1.165, 1.54) is 0 Å². The van der Waals surface area contributed by atoms with Crippen LogP contribution in [0.2, 0.25) is 0 Å². The van der Waals surface area contributed by atoms with Crippen molar-refractivity contribution in [1.29, 1.82) is 0 Å². The highest BCUT2D eigenvalue weighted by Gasteiger charge is 2.27. The number of alkyl carbamates (subject to hydrolysis) is 1. The molecular weight excluding hydrogens is 368 g/mol. The lowest BCUT2D eigenvalue weighted by atomic mass is 10.1. The maximum absolute atomic E-state index is 12.0. The minimum absolute atomic E-state index is 0.0533. The standard InChI is InChI=1S/C19H26N2O7/c1-19(2,3)28-16(23)10-14(17(24)26-4)21-15(22)11-20-18(25)27-12-13-8-6-5-7-9-13/h5-9,14H,10-12H2,1-4H3,(H,20,25)(H,21,22). The highest BCUT2D eigenvalue weighted by atomic mass is 16.6. The van der Waals surface area contributed by atoms with E-state index in [1.807, 2.05) is 18.2 Å². The van der Waals surface area contributed by atoms with Gasteiger partial charge in [-0.2, -0.15) is 0 Å². The summed E-state index contributed by atoms with van der Waals surface area (Å²) >= 11 is 0. The van der Waals surface area contributed by atoms with Crippen molar-refractivity contribution in [1.82, 2.24) is 10.6 Å². The smallest absolute Gasteiger partial charge is 0.407 e. The molecule has 1 rings (SSSR count). The van der Waals surface area contributed by atoms with Crippen LogP contribution in [0.1, 0.15) is 32.8 Å². The third-order valence-electron chi connectivity index (χ3n) is 3.22. The van der Waals surface area contributed by atoms with E-state index in [2.05, 4.69) is 15.4 Å². The van der Waals surface area contributed by atoms with Gasteiger partial charge in [0.15, 0.2) is 0 Å². The van der Waals surface area contributed by atoms with E-state index in [9.17, 15) is 19.2 Å². The molecule has 9 nitrogen and oxygen atoms in total. The van der Waals surface area contributed by atoms with Gasteiger partial charge in [0, 0.05) is 0 Å². The molecule has 0 fully saturated rings. The van der Waals surface area contributed by atoms with Gasteiger partial charge in [-0.15, -0.1) is 0 Å². The average molecular weight is 394 g/mol. The maximum atomic E-state index is 12.0. The van der Waals surface area contributed by atoms with Crippen molar-refractivity contribution in [2.45, 2.75) is 45.4 Å². The molecule has 0 bridgehead atoms. The molecule has 28 heavy (non-hydrogen) atoms. The summed E-state index contributed by atoms with van der Waals surface area (Å²) in [6, 6.07) is 7.80. The number of benzene rings is 1. The Morgan fingerprint density at radius 2 is 1.71 bits per heavy atom. The summed E-state index contributed by atoms with van der Waals surface area (Å²) in [7, 11) is 1.13. The van der Waals surface area contributed by atoms with Gasteiger partial charge in [-0.05, 0) is 26.3 Å². The largest absolute Gasteiger partial charge is 0.467 e. The van der Waals surface area contributed by atoms with E-state index in [0.29, 0.717) is 0 Å². The van der Waals surface area contributed by atoms with Crippen LogP contribution in [0, 0.1) is 0 Å². The first-order chi connectivity index (χ1) is 13.1. The number of nitrogens with one attached hydrogen (secondary N) is 2. The lowest BCUT2D eigenvalue weighted by molar-refractivity contribution is -0.159. The van der Waals surface area contributed by atoms with Crippen LogP contribution in [0.3, 0.4) is 0 Å². The highest BCUT2D eigenvalue weighted by molar-refractivity contribution is 5.89.